The number of rotatable bonds is 0. The molecular formula is C9H11NO. The van der Waals surface area contributed by atoms with Crippen molar-refractivity contribution in [2.24, 2.45) is 5.41 Å². The van der Waals surface area contributed by atoms with Gasteiger partial charge in [-0.1, -0.05) is 13.8 Å². The summed E-state index contributed by atoms with van der Waals surface area (Å²) in [4.78, 5) is 11.6. The Labute approximate surface area is 65.8 Å². The van der Waals surface area contributed by atoms with Crippen LogP contribution in [0.15, 0.2) is 18.3 Å². The van der Waals surface area contributed by atoms with Gasteiger partial charge in [-0.05, 0) is 12.1 Å². The molecule has 1 aromatic heterocycles. The summed E-state index contributed by atoms with van der Waals surface area (Å²) >= 11 is 0. The minimum Gasteiger partial charge on any atom is -0.344 e. The highest BCUT2D eigenvalue weighted by Crippen LogP contribution is 2.31. The largest absolute Gasteiger partial charge is 0.344 e. The molecule has 0 bridgehead atoms. The van der Waals surface area contributed by atoms with E-state index >= 15 is 0 Å². The van der Waals surface area contributed by atoms with Crippen molar-refractivity contribution in [2.45, 2.75) is 20.4 Å². The number of Topliss-reactive ketones (excluding diaryl/α,β-unsaturated/α-hetero) is 1. The van der Waals surface area contributed by atoms with E-state index in [-0.39, 0.29) is 11.2 Å². The van der Waals surface area contributed by atoms with Crippen LogP contribution >= 0.6 is 0 Å². The topological polar surface area (TPSA) is 22.0 Å². The maximum absolute atomic E-state index is 11.6. The third-order valence-electron chi connectivity index (χ3n) is 2.24. The molecule has 1 aliphatic rings. The summed E-state index contributed by atoms with van der Waals surface area (Å²) < 4.78 is 2.02. The number of ketones is 1. The number of carbonyl (C=O) groups excluding carboxylic acids is 1. The second-order valence-corrected chi connectivity index (χ2v) is 3.73. The summed E-state index contributed by atoms with van der Waals surface area (Å²) in [5, 5.41) is 0. The molecule has 0 atom stereocenters. The van der Waals surface area contributed by atoms with Crippen LogP contribution in [0.2, 0.25) is 0 Å². The van der Waals surface area contributed by atoms with Gasteiger partial charge in [-0.2, -0.15) is 0 Å². The standard InChI is InChI=1S/C9H11NO/c1-9(2)6-10-5-3-4-7(10)8(9)11/h3-5H,6H2,1-2H3. The van der Waals surface area contributed by atoms with Crippen molar-refractivity contribution in [3.05, 3.63) is 24.0 Å². The van der Waals surface area contributed by atoms with Crippen LogP contribution in [-0.2, 0) is 6.54 Å². The highest BCUT2D eigenvalue weighted by atomic mass is 16.1. The lowest BCUT2D eigenvalue weighted by molar-refractivity contribution is 0.0861. The van der Waals surface area contributed by atoms with Gasteiger partial charge < -0.3 is 4.57 Å². The lowest BCUT2D eigenvalue weighted by Crippen LogP contribution is -2.19. The van der Waals surface area contributed by atoms with E-state index in [1.807, 2.05) is 36.7 Å². The Bertz CT molecular complexity index is 309. The second-order valence-electron chi connectivity index (χ2n) is 3.73. The predicted octanol–water partition coefficient (Wildman–Crippen LogP) is 1.71. The maximum atomic E-state index is 11.6. The summed E-state index contributed by atoms with van der Waals surface area (Å²) in [5.74, 6) is 0.266. The van der Waals surface area contributed by atoms with E-state index in [1.165, 1.54) is 0 Å². The molecule has 0 fully saturated rings. The SMILES string of the molecule is CC1(C)Cn2cccc2C1=O. The van der Waals surface area contributed by atoms with Gasteiger partial charge >= 0.3 is 0 Å². The lowest BCUT2D eigenvalue weighted by Gasteiger charge is -2.12. The van der Waals surface area contributed by atoms with Gasteiger partial charge in [-0.3, -0.25) is 4.79 Å². The van der Waals surface area contributed by atoms with Crippen LogP contribution in [-0.4, -0.2) is 10.4 Å². The Balaban J connectivity index is 2.54. The smallest absolute Gasteiger partial charge is 0.186 e. The minimum atomic E-state index is -0.184. The van der Waals surface area contributed by atoms with Crippen molar-refractivity contribution in [1.29, 1.82) is 0 Å². The Morgan fingerprint density at radius 1 is 1.55 bits per heavy atom. The van der Waals surface area contributed by atoms with Gasteiger partial charge in [0.15, 0.2) is 5.78 Å². The molecule has 0 amide bonds. The van der Waals surface area contributed by atoms with Crippen molar-refractivity contribution in [3.8, 4) is 0 Å². The molecule has 58 valence electrons. The first kappa shape index (κ1) is 6.65. The number of aromatic nitrogens is 1. The molecule has 1 aliphatic heterocycles. The number of carbonyl (C=O) groups is 1. The van der Waals surface area contributed by atoms with E-state index in [1.54, 1.807) is 0 Å². The zero-order chi connectivity index (χ0) is 8.06. The first-order chi connectivity index (χ1) is 5.11. The quantitative estimate of drug-likeness (QED) is 0.550. The highest BCUT2D eigenvalue weighted by Gasteiger charge is 2.36. The molecule has 2 heteroatoms. The fourth-order valence-corrected chi connectivity index (χ4v) is 1.60. The molecule has 1 aromatic rings. The molecule has 0 N–H and O–H groups in total. The van der Waals surface area contributed by atoms with Crippen LogP contribution in [0.1, 0.15) is 24.3 Å². The van der Waals surface area contributed by atoms with Crippen LogP contribution < -0.4 is 0 Å². The first-order valence-corrected chi connectivity index (χ1v) is 3.81. The van der Waals surface area contributed by atoms with Crippen LogP contribution in [0.25, 0.3) is 0 Å². The van der Waals surface area contributed by atoms with Crippen molar-refractivity contribution in [2.75, 3.05) is 0 Å². The van der Waals surface area contributed by atoms with Crippen molar-refractivity contribution in [3.63, 3.8) is 0 Å². The van der Waals surface area contributed by atoms with E-state index in [4.69, 9.17) is 0 Å². The number of hydrogen-bond acceptors (Lipinski definition) is 1. The summed E-state index contributed by atoms with van der Waals surface area (Å²) in [6.07, 6.45) is 1.96. The second kappa shape index (κ2) is 1.76. The first-order valence-electron chi connectivity index (χ1n) is 3.81. The van der Waals surface area contributed by atoms with Gasteiger partial charge in [0.25, 0.3) is 0 Å². The van der Waals surface area contributed by atoms with Crippen LogP contribution in [0.4, 0.5) is 0 Å². The van der Waals surface area contributed by atoms with Gasteiger partial charge in [0.05, 0.1) is 5.69 Å². The Morgan fingerprint density at radius 3 is 2.91 bits per heavy atom. The Hall–Kier alpha value is -1.05. The van der Waals surface area contributed by atoms with Gasteiger partial charge in [-0.15, -0.1) is 0 Å². The number of fused-ring (bicyclic) bond motifs is 1. The molecular weight excluding hydrogens is 138 g/mol. The molecule has 0 aliphatic carbocycles. The Kier molecular flexibility index (Phi) is 1.06. The zero-order valence-corrected chi connectivity index (χ0v) is 6.79. The predicted molar refractivity (Wildman–Crippen MR) is 42.5 cm³/mol. The molecule has 0 saturated carbocycles. The van der Waals surface area contributed by atoms with E-state index in [2.05, 4.69) is 0 Å². The third-order valence-corrected chi connectivity index (χ3v) is 2.24. The molecule has 0 spiro atoms. The molecule has 0 saturated heterocycles. The molecule has 0 unspecified atom stereocenters. The molecule has 2 heterocycles. The van der Waals surface area contributed by atoms with Crippen molar-refractivity contribution >= 4 is 5.78 Å². The van der Waals surface area contributed by atoms with Gasteiger partial charge in [-0.25, -0.2) is 0 Å². The van der Waals surface area contributed by atoms with Gasteiger partial charge in [0, 0.05) is 18.2 Å². The average molecular weight is 149 g/mol. The Morgan fingerprint density at radius 2 is 2.27 bits per heavy atom. The minimum absolute atomic E-state index is 0.184. The van der Waals surface area contributed by atoms with E-state index in [9.17, 15) is 4.79 Å². The van der Waals surface area contributed by atoms with Crippen molar-refractivity contribution < 1.29 is 4.79 Å². The van der Waals surface area contributed by atoms with E-state index in [0.29, 0.717) is 0 Å². The van der Waals surface area contributed by atoms with E-state index < -0.39 is 0 Å². The number of nitrogens with zero attached hydrogens (tertiary/aromatic N) is 1. The fraction of sp³-hybridized carbons (Fsp3) is 0.444. The normalized spacial score (nSPS) is 20.4. The molecule has 2 nitrogen and oxygen atoms in total. The monoisotopic (exact) mass is 149 g/mol. The summed E-state index contributed by atoms with van der Waals surface area (Å²) in [7, 11) is 0. The lowest BCUT2D eigenvalue weighted by atomic mass is 9.90. The third kappa shape index (κ3) is 0.754. The van der Waals surface area contributed by atoms with Gasteiger partial charge in [0.2, 0.25) is 0 Å². The molecule has 2 rings (SSSR count). The highest BCUT2D eigenvalue weighted by molar-refractivity contribution is 6.00. The van der Waals surface area contributed by atoms with Crippen molar-refractivity contribution in [1.82, 2.24) is 4.57 Å². The summed E-state index contributed by atoms with van der Waals surface area (Å²) in [5.41, 5.74) is 0.673. The molecule has 11 heavy (non-hydrogen) atoms. The summed E-state index contributed by atoms with van der Waals surface area (Å²) in [6.45, 7) is 4.80. The van der Waals surface area contributed by atoms with Gasteiger partial charge in [0.1, 0.15) is 0 Å². The summed E-state index contributed by atoms with van der Waals surface area (Å²) in [6, 6.07) is 3.81. The van der Waals surface area contributed by atoms with E-state index in [0.717, 1.165) is 12.2 Å². The molecule has 0 radical (unpaired) electrons. The number of hydrogen-bond donors (Lipinski definition) is 0. The van der Waals surface area contributed by atoms with Crippen LogP contribution in [0.3, 0.4) is 0 Å². The van der Waals surface area contributed by atoms with Crippen LogP contribution in [0, 0.1) is 5.41 Å². The zero-order valence-electron chi connectivity index (χ0n) is 6.79. The van der Waals surface area contributed by atoms with Crippen LogP contribution in [0.5, 0.6) is 0 Å². The molecule has 0 aromatic carbocycles. The fourth-order valence-electron chi connectivity index (χ4n) is 1.60. The maximum Gasteiger partial charge on any atom is 0.186 e. The average Bonchev–Trinajstić information content (AvgIpc) is 2.39.